The number of allylic oxidation sites excluding steroid dienone is 3. The van der Waals surface area contributed by atoms with E-state index in [9.17, 15) is 19.2 Å². The first-order chi connectivity index (χ1) is 21.9. The first-order valence-electron chi connectivity index (χ1n) is 15.9. The molecule has 10 heteroatoms. The third kappa shape index (κ3) is 14.9. The smallest absolute Gasteiger partial charge is 0.408 e. The molecule has 2 rings (SSSR count). The fraction of sp³-hybridized carbons (Fsp3) is 0.444. The van der Waals surface area contributed by atoms with Crippen LogP contribution in [0.15, 0.2) is 78.4 Å². The van der Waals surface area contributed by atoms with Crippen molar-refractivity contribution in [1.82, 2.24) is 16.0 Å². The Morgan fingerprint density at radius 3 is 2.13 bits per heavy atom. The number of alkyl carbamates (subject to hydrolysis) is 2. The van der Waals surface area contributed by atoms with Crippen LogP contribution in [0.3, 0.4) is 0 Å². The van der Waals surface area contributed by atoms with Crippen molar-refractivity contribution in [3.8, 4) is 0 Å². The van der Waals surface area contributed by atoms with Crippen LogP contribution in [-0.4, -0.2) is 48.2 Å². The number of aryl methyl sites for hydroxylation is 1. The second-order valence-electron chi connectivity index (χ2n) is 11.9. The Kier molecular flexibility index (Phi) is 16.1. The molecule has 0 fully saturated rings. The van der Waals surface area contributed by atoms with Crippen LogP contribution in [0.2, 0.25) is 0 Å². The van der Waals surface area contributed by atoms with Crippen LogP contribution in [0, 0.1) is 0 Å². The summed E-state index contributed by atoms with van der Waals surface area (Å²) in [6.45, 7) is 11.5. The SMILES string of the molecule is CC=CC(=CC)CC(NC(=O)OCc1ccccc1)C(=O)NC(CCCCNC(=O)OC(C)(C)C)C(=O)Nc1ccc(CC)cc1. The molecule has 2 atom stereocenters. The average Bonchev–Trinajstić information content (AvgIpc) is 3.02. The normalized spacial score (nSPS) is 13.0. The number of hydrogen-bond acceptors (Lipinski definition) is 6. The lowest BCUT2D eigenvalue weighted by Gasteiger charge is -2.24. The maximum absolute atomic E-state index is 13.7. The van der Waals surface area contributed by atoms with Gasteiger partial charge >= 0.3 is 12.2 Å². The van der Waals surface area contributed by atoms with E-state index in [1.54, 1.807) is 20.8 Å². The van der Waals surface area contributed by atoms with Crippen LogP contribution in [0.1, 0.15) is 78.4 Å². The van der Waals surface area contributed by atoms with Crippen LogP contribution < -0.4 is 21.3 Å². The second-order valence-corrected chi connectivity index (χ2v) is 11.9. The lowest BCUT2D eigenvalue weighted by atomic mass is 10.0. The second kappa shape index (κ2) is 19.7. The number of rotatable bonds is 16. The molecule has 2 aromatic rings. The van der Waals surface area contributed by atoms with Gasteiger partial charge in [-0.15, -0.1) is 0 Å². The minimum atomic E-state index is -1.00. The summed E-state index contributed by atoms with van der Waals surface area (Å²) in [5, 5.41) is 11.1. The fourth-order valence-corrected chi connectivity index (χ4v) is 4.42. The molecule has 46 heavy (non-hydrogen) atoms. The summed E-state index contributed by atoms with van der Waals surface area (Å²) in [6.07, 6.45) is 6.76. The third-order valence-electron chi connectivity index (χ3n) is 6.86. The summed E-state index contributed by atoms with van der Waals surface area (Å²) >= 11 is 0. The zero-order valence-corrected chi connectivity index (χ0v) is 28.0. The number of benzene rings is 2. The molecule has 0 aromatic heterocycles. The first-order valence-corrected chi connectivity index (χ1v) is 15.9. The van der Waals surface area contributed by atoms with Gasteiger partial charge in [-0.25, -0.2) is 9.59 Å². The lowest BCUT2D eigenvalue weighted by molar-refractivity contribution is -0.128. The number of ether oxygens (including phenoxy) is 2. The molecule has 10 nitrogen and oxygen atoms in total. The van der Waals surface area contributed by atoms with Gasteiger partial charge in [-0.1, -0.05) is 73.2 Å². The van der Waals surface area contributed by atoms with Crippen LogP contribution >= 0.6 is 0 Å². The van der Waals surface area contributed by atoms with E-state index in [0.29, 0.717) is 31.5 Å². The highest BCUT2D eigenvalue weighted by Gasteiger charge is 2.28. The number of hydrogen-bond donors (Lipinski definition) is 4. The third-order valence-corrected chi connectivity index (χ3v) is 6.86. The van der Waals surface area contributed by atoms with E-state index in [4.69, 9.17) is 9.47 Å². The molecule has 0 aliphatic heterocycles. The van der Waals surface area contributed by atoms with Gasteiger partial charge in [0.25, 0.3) is 0 Å². The van der Waals surface area contributed by atoms with Crippen molar-refractivity contribution in [3.05, 3.63) is 89.5 Å². The molecular weight excluding hydrogens is 584 g/mol. The van der Waals surface area contributed by atoms with Crippen molar-refractivity contribution >= 4 is 29.7 Å². The summed E-state index contributed by atoms with van der Waals surface area (Å²) in [7, 11) is 0. The van der Waals surface area contributed by atoms with Crippen LogP contribution in [0.5, 0.6) is 0 Å². The highest BCUT2D eigenvalue weighted by molar-refractivity contribution is 5.98. The molecule has 0 heterocycles. The Balaban J connectivity index is 2.15. The van der Waals surface area contributed by atoms with Crippen molar-refractivity contribution in [3.63, 3.8) is 0 Å². The molecule has 2 unspecified atom stereocenters. The maximum atomic E-state index is 13.7. The molecule has 250 valence electrons. The summed E-state index contributed by atoms with van der Waals surface area (Å²) in [5.41, 5.74) is 2.78. The molecule has 0 aliphatic rings. The molecule has 0 bridgehead atoms. The molecule has 0 aliphatic carbocycles. The van der Waals surface area contributed by atoms with Gasteiger partial charge in [0.2, 0.25) is 11.8 Å². The lowest BCUT2D eigenvalue weighted by Crippen LogP contribution is -2.52. The minimum Gasteiger partial charge on any atom is -0.445 e. The summed E-state index contributed by atoms with van der Waals surface area (Å²) in [6, 6.07) is 14.9. The van der Waals surface area contributed by atoms with Crippen molar-refractivity contribution in [1.29, 1.82) is 0 Å². The molecule has 0 saturated heterocycles. The zero-order valence-electron chi connectivity index (χ0n) is 28.0. The topological polar surface area (TPSA) is 135 Å². The van der Waals surface area contributed by atoms with Gasteiger partial charge in [-0.3, -0.25) is 9.59 Å². The number of amides is 4. The van der Waals surface area contributed by atoms with E-state index >= 15 is 0 Å². The van der Waals surface area contributed by atoms with Gasteiger partial charge in [-0.05, 0) is 83.6 Å². The van der Waals surface area contributed by atoms with E-state index in [1.165, 1.54) is 0 Å². The van der Waals surface area contributed by atoms with E-state index in [1.807, 2.05) is 93.6 Å². The van der Waals surface area contributed by atoms with Crippen LogP contribution in [-0.2, 0) is 32.1 Å². The molecule has 0 radical (unpaired) electrons. The van der Waals surface area contributed by atoms with Gasteiger partial charge < -0.3 is 30.7 Å². The van der Waals surface area contributed by atoms with Crippen molar-refractivity contribution in [2.24, 2.45) is 0 Å². The number of carbonyl (C=O) groups is 4. The van der Waals surface area contributed by atoms with Crippen LogP contribution in [0.4, 0.5) is 15.3 Å². The molecule has 4 amide bonds. The molecule has 2 aromatic carbocycles. The van der Waals surface area contributed by atoms with Crippen molar-refractivity contribution in [2.75, 3.05) is 11.9 Å². The number of unbranched alkanes of at least 4 members (excludes halogenated alkanes) is 1. The summed E-state index contributed by atoms with van der Waals surface area (Å²) in [5.74, 6) is -0.906. The Bertz CT molecular complexity index is 1320. The highest BCUT2D eigenvalue weighted by Crippen LogP contribution is 2.14. The predicted octanol–water partition coefficient (Wildman–Crippen LogP) is 6.57. The Morgan fingerprint density at radius 1 is 0.826 bits per heavy atom. The van der Waals surface area contributed by atoms with Crippen LogP contribution in [0.25, 0.3) is 0 Å². The summed E-state index contributed by atoms with van der Waals surface area (Å²) in [4.78, 5) is 51.9. The van der Waals surface area contributed by atoms with E-state index < -0.39 is 35.8 Å². The van der Waals surface area contributed by atoms with Gasteiger partial charge in [0.1, 0.15) is 24.3 Å². The van der Waals surface area contributed by atoms with Crippen molar-refractivity contribution < 1.29 is 28.7 Å². The first kappa shape index (κ1) is 37.6. The van der Waals surface area contributed by atoms with E-state index in [2.05, 4.69) is 21.3 Å². The Hall–Kier alpha value is -4.60. The quantitative estimate of drug-likeness (QED) is 0.122. The Labute approximate surface area is 273 Å². The molecule has 0 saturated carbocycles. The van der Waals surface area contributed by atoms with Gasteiger partial charge in [0.05, 0.1) is 0 Å². The van der Waals surface area contributed by atoms with Gasteiger partial charge in [-0.2, -0.15) is 0 Å². The number of nitrogens with one attached hydrogen (secondary N) is 4. The minimum absolute atomic E-state index is 0.0472. The summed E-state index contributed by atoms with van der Waals surface area (Å²) < 4.78 is 10.7. The molecule has 0 spiro atoms. The monoisotopic (exact) mass is 634 g/mol. The molecule has 4 N–H and O–H groups in total. The molecular formula is C36H50N4O6. The van der Waals surface area contributed by atoms with Gasteiger partial charge in [0.15, 0.2) is 0 Å². The van der Waals surface area contributed by atoms with Crippen molar-refractivity contribution in [2.45, 2.75) is 97.9 Å². The predicted molar refractivity (Wildman–Crippen MR) is 181 cm³/mol. The Morgan fingerprint density at radius 2 is 1.52 bits per heavy atom. The number of anilines is 1. The maximum Gasteiger partial charge on any atom is 0.408 e. The zero-order chi connectivity index (χ0) is 34.0. The fourth-order valence-electron chi connectivity index (χ4n) is 4.42. The standard InChI is InChI=1S/C36H50N4O6/c1-7-15-27(9-3)24-31(40-35(44)45-25-28-16-11-10-12-17-28)33(42)39-30(18-13-14-23-37-34(43)46-36(4,5)6)32(41)38-29-21-19-26(8-2)20-22-29/h7,9-12,15-17,19-22,30-31H,8,13-14,18,23-25H2,1-6H3,(H,37,43)(H,38,41)(H,39,42)(H,40,44). The van der Waals surface area contributed by atoms with E-state index in [0.717, 1.165) is 23.1 Å². The average molecular weight is 635 g/mol. The highest BCUT2D eigenvalue weighted by atomic mass is 16.6. The number of carbonyl (C=O) groups excluding carboxylic acids is 4. The van der Waals surface area contributed by atoms with Gasteiger partial charge in [0, 0.05) is 18.7 Å². The van der Waals surface area contributed by atoms with E-state index in [-0.39, 0.29) is 18.9 Å². The largest absolute Gasteiger partial charge is 0.445 e.